The number of thioether (sulfide) groups is 1. The number of nitrogen functional groups attached to an aromatic ring is 1. The molecule has 19 heavy (non-hydrogen) atoms. The molecule has 0 aliphatic rings. The Labute approximate surface area is 120 Å². The van der Waals surface area contributed by atoms with Crippen LogP contribution in [0.4, 0.5) is 5.69 Å². The predicted octanol–water partition coefficient (Wildman–Crippen LogP) is 2.14. The Morgan fingerprint density at radius 3 is 3.11 bits per heavy atom. The molecule has 5 nitrogen and oxygen atoms in total. The maximum atomic E-state index is 12.1. The summed E-state index contributed by atoms with van der Waals surface area (Å²) < 4.78 is 0. The summed E-state index contributed by atoms with van der Waals surface area (Å²) in [4.78, 5) is 13.3. The van der Waals surface area contributed by atoms with Crippen LogP contribution < -0.4 is 11.1 Å². The molecule has 0 aliphatic carbocycles. The van der Waals surface area contributed by atoms with Crippen molar-refractivity contribution in [1.29, 1.82) is 0 Å². The summed E-state index contributed by atoms with van der Waals surface area (Å²) in [5.74, 6) is -0.131. The second kappa shape index (κ2) is 6.21. The van der Waals surface area contributed by atoms with Gasteiger partial charge >= 0.3 is 0 Å². The van der Waals surface area contributed by atoms with Crippen molar-refractivity contribution in [3.05, 3.63) is 17.1 Å². The highest BCUT2D eigenvalue weighted by atomic mass is 32.2. The number of amides is 1. The van der Waals surface area contributed by atoms with Gasteiger partial charge < -0.3 is 11.1 Å². The fourth-order valence-electron chi connectivity index (χ4n) is 1.63. The third-order valence-electron chi connectivity index (χ3n) is 2.87. The lowest BCUT2D eigenvalue weighted by atomic mass is 10.2. The van der Waals surface area contributed by atoms with Gasteiger partial charge in [0.05, 0.1) is 11.9 Å². The Morgan fingerprint density at radius 2 is 2.42 bits per heavy atom. The van der Waals surface area contributed by atoms with Gasteiger partial charge in [-0.15, -0.1) is 16.4 Å². The van der Waals surface area contributed by atoms with Crippen LogP contribution in [0.3, 0.4) is 0 Å². The van der Waals surface area contributed by atoms with Crippen molar-refractivity contribution in [3.63, 3.8) is 0 Å². The van der Waals surface area contributed by atoms with Gasteiger partial charge in [0.2, 0.25) is 0 Å². The standard InChI is InChI=1S/C12H16N4OS2/c1-7(18-2)3-5-14-11(17)10-9(13)8-4-6-15-16-12(8)19-10/h4,6-7H,3,5,13H2,1-2H3,(H,14,17). The van der Waals surface area contributed by atoms with Crippen LogP contribution in [0, 0.1) is 0 Å². The van der Waals surface area contributed by atoms with Crippen LogP contribution in [0.5, 0.6) is 0 Å². The fourth-order valence-corrected chi connectivity index (χ4v) is 2.94. The number of carbonyl (C=O) groups excluding carboxylic acids is 1. The normalized spacial score (nSPS) is 12.5. The molecule has 1 atom stereocenters. The zero-order valence-electron chi connectivity index (χ0n) is 10.8. The van der Waals surface area contributed by atoms with Crippen molar-refractivity contribution >= 4 is 44.9 Å². The summed E-state index contributed by atoms with van der Waals surface area (Å²) in [6, 6.07) is 1.78. The van der Waals surface area contributed by atoms with Crippen LogP contribution in [0.15, 0.2) is 12.3 Å². The van der Waals surface area contributed by atoms with Crippen molar-refractivity contribution in [2.45, 2.75) is 18.6 Å². The Kier molecular flexibility index (Phi) is 4.60. The second-order valence-electron chi connectivity index (χ2n) is 4.19. The molecule has 3 N–H and O–H groups in total. The first-order valence-corrected chi connectivity index (χ1v) is 8.04. The number of hydrogen-bond acceptors (Lipinski definition) is 6. The Morgan fingerprint density at radius 1 is 1.63 bits per heavy atom. The maximum absolute atomic E-state index is 12.1. The van der Waals surface area contributed by atoms with Gasteiger partial charge in [-0.25, -0.2) is 0 Å². The number of hydrogen-bond donors (Lipinski definition) is 2. The minimum Gasteiger partial charge on any atom is -0.397 e. The molecular weight excluding hydrogens is 280 g/mol. The van der Waals surface area contributed by atoms with Crippen molar-refractivity contribution in [3.8, 4) is 0 Å². The van der Waals surface area contributed by atoms with E-state index in [1.54, 1.807) is 24.0 Å². The van der Waals surface area contributed by atoms with E-state index in [2.05, 4.69) is 28.7 Å². The number of rotatable bonds is 5. The quantitative estimate of drug-likeness (QED) is 0.883. The molecule has 0 aliphatic heterocycles. The van der Waals surface area contributed by atoms with E-state index in [-0.39, 0.29) is 5.91 Å². The third kappa shape index (κ3) is 3.16. The van der Waals surface area contributed by atoms with Gasteiger partial charge in [0.1, 0.15) is 9.71 Å². The van der Waals surface area contributed by atoms with Crippen LogP contribution in [0.2, 0.25) is 0 Å². The smallest absolute Gasteiger partial charge is 0.263 e. The topological polar surface area (TPSA) is 80.9 Å². The van der Waals surface area contributed by atoms with Crippen molar-refractivity contribution in [2.24, 2.45) is 0 Å². The Balaban J connectivity index is 2.07. The number of aromatic nitrogens is 2. The van der Waals surface area contributed by atoms with Gasteiger partial charge in [0, 0.05) is 17.2 Å². The number of anilines is 1. The van der Waals surface area contributed by atoms with Gasteiger partial charge in [-0.05, 0) is 18.7 Å². The number of fused-ring (bicyclic) bond motifs is 1. The molecule has 1 amide bonds. The average Bonchev–Trinajstić information content (AvgIpc) is 2.76. The van der Waals surface area contributed by atoms with Gasteiger partial charge in [0.15, 0.2) is 0 Å². The molecule has 2 aromatic rings. The van der Waals surface area contributed by atoms with E-state index >= 15 is 0 Å². The van der Waals surface area contributed by atoms with Crippen LogP contribution >= 0.6 is 23.1 Å². The maximum Gasteiger partial charge on any atom is 0.263 e. The summed E-state index contributed by atoms with van der Waals surface area (Å²) in [6.45, 7) is 2.79. The Bertz CT molecular complexity index is 584. The molecule has 7 heteroatoms. The van der Waals surface area contributed by atoms with E-state index in [9.17, 15) is 4.79 Å². The first-order valence-electron chi connectivity index (χ1n) is 5.94. The number of nitrogens with two attached hydrogens (primary N) is 1. The van der Waals surface area contributed by atoms with Crippen LogP contribution in [-0.4, -0.2) is 34.2 Å². The summed E-state index contributed by atoms with van der Waals surface area (Å²) in [7, 11) is 0. The molecule has 0 saturated carbocycles. The summed E-state index contributed by atoms with van der Waals surface area (Å²) in [6.07, 6.45) is 4.58. The molecular formula is C12H16N4OS2. The lowest BCUT2D eigenvalue weighted by molar-refractivity contribution is 0.0958. The van der Waals surface area contributed by atoms with Crippen LogP contribution in [-0.2, 0) is 0 Å². The van der Waals surface area contributed by atoms with E-state index < -0.39 is 0 Å². The van der Waals surface area contributed by atoms with Gasteiger partial charge in [-0.1, -0.05) is 6.92 Å². The lowest BCUT2D eigenvalue weighted by Crippen LogP contribution is -2.25. The van der Waals surface area contributed by atoms with Crippen LogP contribution in [0.25, 0.3) is 10.2 Å². The summed E-state index contributed by atoms with van der Waals surface area (Å²) in [5, 5.41) is 12.0. The van der Waals surface area contributed by atoms with Gasteiger partial charge in [-0.2, -0.15) is 16.9 Å². The minimum atomic E-state index is -0.131. The van der Waals surface area contributed by atoms with E-state index in [4.69, 9.17) is 5.73 Å². The largest absolute Gasteiger partial charge is 0.397 e. The Hall–Kier alpha value is -1.34. The van der Waals surface area contributed by atoms with E-state index in [0.29, 0.717) is 27.2 Å². The molecule has 0 spiro atoms. The van der Waals surface area contributed by atoms with Crippen molar-refractivity contribution < 1.29 is 4.79 Å². The first-order chi connectivity index (χ1) is 9.13. The highest BCUT2D eigenvalue weighted by Crippen LogP contribution is 2.31. The zero-order chi connectivity index (χ0) is 13.8. The molecule has 0 saturated heterocycles. The second-order valence-corrected chi connectivity index (χ2v) is 6.46. The van der Waals surface area contributed by atoms with Gasteiger partial charge in [-0.3, -0.25) is 4.79 Å². The number of thiophene rings is 1. The summed E-state index contributed by atoms with van der Waals surface area (Å²) in [5.41, 5.74) is 6.47. The molecule has 2 rings (SSSR count). The molecule has 0 radical (unpaired) electrons. The van der Waals surface area contributed by atoms with Crippen molar-refractivity contribution in [1.82, 2.24) is 15.5 Å². The first kappa shape index (κ1) is 14.1. The number of nitrogens with zero attached hydrogens (tertiary/aromatic N) is 2. The molecule has 0 bridgehead atoms. The molecule has 0 fully saturated rings. The van der Waals surface area contributed by atoms with Crippen LogP contribution in [0.1, 0.15) is 23.0 Å². The number of carbonyl (C=O) groups is 1. The third-order valence-corrected chi connectivity index (χ3v) is 5.01. The molecule has 2 heterocycles. The van der Waals surface area contributed by atoms with E-state index in [0.717, 1.165) is 11.8 Å². The molecule has 2 aromatic heterocycles. The highest BCUT2D eigenvalue weighted by molar-refractivity contribution is 7.99. The van der Waals surface area contributed by atoms with E-state index in [1.165, 1.54) is 11.3 Å². The van der Waals surface area contributed by atoms with E-state index in [1.807, 2.05) is 0 Å². The lowest BCUT2D eigenvalue weighted by Gasteiger charge is -2.08. The molecule has 0 aromatic carbocycles. The predicted molar refractivity (Wildman–Crippen MR) is 81.8 cm³/mol. The van der Waals surface area contributed by atoms with Gasteiger partial charge in [0.25, 0.3) is 5.91 Å². The fraction of sp³-hybridized carbons (Fsp3) is 0.417. The molecule has 102 valence electrons. The minimum absolute atomic E-state index is 0.131. The summed E-state index contributed by atoms with van der Waals surface area (Å²) >= 11 is 3.07. The average molecular weight is 296 g/mol. The zero-order valence-corrected chi connectivity index (χ0v) is 12.5. The SMILES string of the molecule is CSC(C)CCNC(=O)c1sc2nnccc2c1N. The number of nitrogens with one attached hydrogen (secondary N) is 1. The monoisotopic (exact) mass is 296 g/mol. The molecule has 1 unspecified atom stereocenters. The van der Waals surface area contributed by atoms with Crippen molar-refractivity contribution in [2.75, 3.05) is 18.5 Å². The highest BCUT2D eigenvalue weighted by Gasteiger charge is 2.16.